The fraction of sp³-hybridized carbons (Fsp3) is 0.250. The van der Waals surface area contributed by atoms with E-state index in [-0.39, 0.29) is 11.8 Å². The zero-order valence-electron chi connectivity index (χ0n) is 16.8. The van der Waals surface area contributed by atoms with E-state index in [2.05, 4.69) is 27.7 Å². The quantitative estimate of drug-likeness (QED) is 0.592. The molecule has 6 heteroatoms. The van der Waals surface area contributed by atoms with Gasteiger partial charge >= 0.3 is 0 Å². The summed E-state index contributed by atoms with van der Waals surface area (Å²) in [6, 6.07) is 17.1. The molecule has 4 rings (SSSR count). The van der Waals surface area contributed by atoms with Gasteiger partial charge in [0.1, 0.15) is 0 Å². The first-order valence-electron chi connectivity index (χ1n) is 10.2. The molecule has 1 fully saturated rings. The molecule has 0 spiro atoms. The average Bonchev–Trinajstić information content (AvgIpc) is 3.48. The fourth-order valence-corrected chi connectivity index (χ4v) is 4.35. The Hall–Kier alpha value is -2.96. The van der Waals surface area contributed by atoms with Gasteiger partial charge in [-0.05, 0) is 60.6 Å². The number of rotatable bonds is 7. The minimum Gasteiger partial charge on any atom is -0.348 e. The van der Waals surface area contributed by atoms with Gasteiger partial charge in [0.05, 0.1) is 16.8 Å². The van der Waals surface area contributed by atoms with Gasteiger partial charge in [-0.25, -0.2) is 0 Å². The number of carbonyl (C=O) groups is 2. The Morgan fingerprint density at radius 2 is 1.63 bits per heavy atom. The maximum atomic E-state index is 12.9. The Bertz CT molecular complexity index is 1010. The second kappa shape index (κ2) is 9.69. The van der Waals surface area contributed by atoms with Crippen LogP contribution in [0.1, 0.15) is 44.7 Å². The van der Waals surface area contributed by atoms with Crippen LogP contribution in [0.4, 0.5) is 5.69 Å². The Morgan fingerprint density at radius 1 is 0.900 bits per heavy atom. The predicted octanol–water partition coefficient (Wildman–Crippen LogP) is 4.53. The van der Waals surface area contributed by atoms with Crippen molar-refractivity contribution in [1.82, 2.24) is 10.2 Å². The Balaban J connectivity index is 1.43. The monoisotopic (exact) mass is 419 g/mol. The maximum Gasteiger partial charge on any atom is 0.256 e. The molecule has 154 valence electrons. The highest BCUT2D eigenvalue weighted by molar-refractivity contribution is 7.08. The van der Waals surface area contributed by atoms with Crippen molar-refractivity contribution in [3.63, 3.8) is 0 Å². The number of thiophene rings is 1. The van der Waals surface area contributed by atoms with E-state index in [1.807, 2.05) is 23.6 Å². The molecule has 3 aromatic rings. The second-order valence-corrected chi connectivity index (χ2v) is 8.23. The summed E-state index contributed by atoms with van der Waals surface area (Å²) < 4.78 is 0. The number of nitrogens with one attached hydrogen (secondary N) is 2. The Morgan fingerprint density at radius 3 is 2.40 bits per heavy atom. The number of carbonyl (C=O) groups excluding carboxylic acids is 2. The molecule has 30 heavy (non-hydrogen) atoms. The molecule has 1 saturated heterocycles. The van der Waals surface area contributed by atoms with Gasteiger partial charge in [0.2, 0.25) is 0 Å². The van der Waals surface area contributed by atoms with Crippen molar-refractivity contribution >= 4 is 28.8 Å². The van der Waals surface area contributed by atoms with Crippen molar-refractivity contribution in [2.75, 3.05) is 18.4 Å². The first-order valence-corrected chi connectivity index (χ1v) is 11.1. The van der Waals surface area contributed by atoms with E-state index in [1.54, 1.807) is 29.6 Å². The van der Waals surface area contributed by atoms with Gasteiger partial charge < -0.3 is 10.6 Å². The molecule has 1 aliphatic heterocycles. The summed E-state index contributed by atoms with van der Waals surface area (Å²) in [5, 5.41) is 9.52. The van der Waals surface area contributed by atoms with Crippen LogP contribution in [0.5, 0.6) is 0 Å². The van der Waals surface area contributed by atoms with Crippen molar-refractivity contribution in [1.29, 1.82) is 0 Å². The molecule has 2 N–H and O–H groups in total. The first-order chi connectivity index (χ1) is 14.7. The zero-order chi connectivity index (χ0) is 20.8. The van der Waals surface area contributed by atoms with Gasteiger partial charge in [-0.3, -0.25) is 14.5 Å². The van der Waals surface area contributed by atoms with Gasteiger partial charge in [0.15, 0.2) is 0 Å². The van der Waals surface area contributed by atoms with E-state index in [9.17, 15) is 9.59 Å². The molecule has 5 nitrogen and oxygen atoms in total. The minimum absolute atomic E-state index is 0.202. The molecule has 2 aromatic carbocycles. The number of likely N-dealkylation sites (tertiary alicyclic amines) is 1. The number of hydrogen-bond donors (Lipinski definition) is 2. The standard InChI is InChI=1S/C24H25N3O2S/c28-23(20-11-14-30-17-20)26-22-10-4-3-9-21(22)24(29)25-15-18-7-1-2-8-19(18)16-27-12-5-6-13-27/h1-4,7-11,14,17H,5-6,12-13,15-16H2,(H,25,29)(H,26,28). The van der Waals surface area contributed by atoms with Crippen LogP contribution < -0.4 is 10.6 Å². The molecule has 0 radical (unpaired) electrons. The first kappa shape index (κ1) is 20.3. The van der Waals surface area contributed by atoms with E-state index in [4.69, 9.17) is 0 Å². The third-order valence-corrected chi connectivity index (χ3v) is 6.04. The fourth-order valence-electron chi connectivity index (χ4n) is 3.71. The minimum atomic E-state index is -0.215. The summed E-state index contributed by atoms with van der Waals surface area (Å²) in [7, 11) is 0. The topological polar surface area (TPSA) is 61.4 Å². The van der Waals surface area contributed by atoms with Crippen molar-refractivity contribution in [3.05, 3.63) is 87.6 Å². The number of hydrogen-bond acceptors (Lipinski definition) is 4. The number of amides is 2. The highest BCUT2D eigenvalue weighted by Crippen LogP contribution is 2.19. The molecule has 0 aliphatic carbocycles. The molecule has 2 heterocycles. The van der Waals surface area contributed by atoms with Gasteiger partial charge in [-0.2, -0.15) is 11.3 Å². The van der Waals surface area contributed by atoms with Crippen LogP contribution in [0.15, 0.2) is 65.4 Å². The third-order valence-electron chi connectivity index (χ3n) is 5.35. The SMILES string of the molecule is O=C(Nc1ccccc1C(=O)NCc1ccccc1CN1CCCC1)c1ccsc1. The maximum absolute atomic E-state index is 12.9. The summed E-state index contributed by atoms with van der Waals surface area (Å²) in [6.45, 7) is 3.64. The smallest absolute Gasteiger partial charge is 0.256 e. The molecule has 0 bridgehead atoms. The van der Waals surface area contributed by atoms with E-state index >= 15 is 0 Å². The Kier molecular flexibility index (Phi) is 6.57. The molecular weight excluding hydrogens is 394 g/mol. The lowest BCUT2D eigenvalue weighted by molar-refractivity contribution is 0.0951. The molecule has 2 amide bonds. The summed E-state index contributed by atoms with van der Waals surface area (Å²) in [6.07, 6.45) is 2.51. The summed E-state index contributed by atoms with van der Waals surface area (Å²) >= 11 is 1.46. The van der Waals surface area contributed by atoms with Crippen molar-refractivity contribution in [3.8, 4) is 0 Å². The number of para-hydroxylation sites is 1. The van der Waals surface area contributed by atoms with Gasteiger partial charge in [0.25, 0.3) is 11.8 Å². The van der Waals surface area contributed by atoms with Gasteiger partial charge in [-0.1, -0.05) is 36.4 Å². The molecular formula is C24H25N3O2S. The van der Waals surface area contributed by atoms with Crippen LogP contribution in [0, 0.1) is 0 Å². The lowest BCUT2D eigenvalue weighted by Gasteiger charge is -2.18. The average molecular weight is 420 g/mol. The molecule has 1 aliphatic rings. The van der Waals surface area contributed by atoms with Crippen LogP contribution in [0.3, 0.4) is 0 Å². The Labute approximate surface area is 180 Å². The van der Waals surface area contributed by atoms with Crippen LogP contribution >= 0.6 is 11.3 Å². The van der Waals surface area contributed by atoms with Gasteiger partial charge in [-0.15, -0.1) is 0 Å². The van der Waals surface area contributed by atoms with Crippen LogP contribution in [-0.2, 0) is 13.1 Å². The second-order valence-electron chi connectivity index (χ2n) is 7.45. The zero-order valence-corrected chi connectivity index (χ0v) is 17.6. The number of nitrogens with zero attached hydrogens (tertiary/aromatic N) is 1. The van der Waals surface area contributed by atoms with E-state index in [0.29, 0.717) is 23.4 Å². The highest BCUT2D eigenvalue weighted by atomic mass is 32.1. The van der Waals surface area contributed by atoms with Gasteiger partial charge in [0, 0.05) is 18.5 Å². The number of anilines is 1. The third kappa shape index (κ3) is 4.96. The molecule has 1 aromatic heterocycles. The lowest BCUT2D eigenvalue weighted by atomic mass is 10.1. The highest BCUT2D eigenvalue weighted by Gasteiger charge is 2.16. The van der Waals surface area contributed by atoms with Crippen molar-refractivity contribution in [2.45, 2.75) is 25.9 Å². The molecule has 0 unspecified atom stereocenters. The van der Waals surface area contributed by atoms with E-state index in [0.717, 1.165) is 25.2 Å². The largest absolute Gasteiger partial charge is 0.348 e. The van der Waals surface area contributed by atoms with Crippen LogP contribution in [0.2, 0.25) is 0 Å². The summed E-state index contributed by atoms with van der Waals surface area (Å²) in [4.78, 5) is 27.7. The van der Waals surface area contributed by atoms with E-state index in [1.165, 1.54) is 29.7 Å². The van der Waals surface area contributed by atoms with E-state index < -0.39 is 0 Å². The predicted molar refractivity (Wildman–Crippen MR) is 121 cm³/mol. The van der Waals surface area contributed by atoms with Crippen LogP contribution in [-0.4, -0.2) is 29.8 Å². The number of benzene rings is 2. The summed E-state index contributed by atoms with van der Waals surface area (Å²) in [5.41, 5.74) is 3.93. The van der Waals surface area contributed by atoms with Crippen molar-refractivity contribution in [2.24, 2.45) is 0 Å². The van der Waals surface area contributed by atoms with Crippen LogP contribution in [0.25, 0.3) is 0 Å². The normalized spacial score (nSPS) is 13.9. The molecule has 0 atom stereocenters. The lowest BCUT2D eigenvalue weighted by Crippen LogP contribution is -2.26. The summed E-state index contributed by atoms with van der Waals surface area (Å²) in [5.74, 6) is -0.417. The molecule has 0 saturated carbocycles. The van der Waals surface area contributed by atoms with Crippen molar-refractivity contribution < 1.29 is 9.59 Å².